The van der Waals surface area contributed by atoms with Crippen molar-refractivity contribution in [1.82, 2.24) is 0 Å². The third kappa shape index (κ3) is 3.17. The molecule has 1 aliphatic heterocycles. The van der Waals surface area contributed by atoms with E-state index in [-0.39, 0.29) is 5.82 Å². The molecule has 1 saturated heterocycles. The van der Waals surface area contributed by atoms with Crippen LogP contribution in [0.1, 0.15) is 24.8 Å². The van der Waals surface area contributed by atoms with E-state index in [0.29, 0.717) is 13.0 Å². The van der Waals surface area contributed by atoms with Crippen LogP contribution >= 0.6 is 0 Å². The Hall–Kier alpha value is -1.13. The minimum Gasteiger partial charge on any atom is -0.369 e. The lowest BCUT2D eigenvalue weighted by atomic mass is 10.1. The quantitative estimate of drug-likeness (QED) is 0.818. The van der Waals surface area contributed by atoms with Crippen LogP contribution in [0, 0.1) is 5.82 Å². The molecule has 0 spiro atoms. The van der Waals surface area contributed by atoms with Crippen molar-refractivity contribution < 1.29 is 9.23 Å². The predicted molar refractivity (Wildman–Crippen MR) is 66.3 cm³/mol. The Morgan fingerprint density at radius 3 is 2.65 bits per heavy atom. The number of rotatable bonds is 4. The third-order valence-corrected chi connectivity index (χ3v) is 3.22. The van der Waals surface area contributed by atoms with Crippen molar-refractivity contribution in [3.05, 3.63) is 29.6 Å². The Morgan fingerprint density at radius 2 is 2.00 bits per heavy atom. The van der Waals surface area contributed by atoms with Crippen molar-refractivity contribution in [2.45, 2.75) is 25.7 Å². The van der Waals surface area contributed by atoms with Crippen molar-refractivity contribution in [3.8, 4) is 0 Å². The fourth-order valence-corrected chi connectivity index (χ4v) is 2.27. The van der Waals surface area contributed by atoms with Gasteiger partial charge in [-0.2, -0.15) is 0 Å². The highest BCUT2D eigenvalue weighted by Crippen LogP contribution is 2.24. The van der Waals surface area contributed by atoms with Gasteiger partial charge in [0, 0.05) is 13.1 Å². The lowest BCUT2D eigenvalue weighted by Gasteiger charge is -2.29. The second kappa shape index (κ2) is 5.98. The van der Waals surface area contributed by atoms with Gasteiger partial charge in [-0.3, -0.25) is 0 Å². The summed E-state index contributed by atoms with van der Waals surface area (Å²) < 4.78 is 13.9. The molecule has 1 aliphatic rings. The summed E-state index contributed by atoms with van der Waals surface area (Å²) in [5.41, 5.74) is 1.65. The van der Waals surface area contributed by atoms with Crippen LogP contribution in [0.2, 0.25) is 0 Å². The second-order valence-corrected chi connectivity index (χ2v) is 4.45. The smallest absolute Gasteiger partial charge is 0.146 e. The summed E-state index contributed by atoms with van der Waals surface area (Å²) in [6, 6.07) is 5.40. The first-order valence-electron chi connectivity index (χ1n) is 6.16. The van der Waals surface area contributed by atoms with Gasteiger partial charge in [0.05, 0.1) is 12.3 Å². The van der Waals surface area contributed by atoms with Crippen molar-refractivity contribution in [3.63, 3.8) is 0 Å². The highest BCUT2D eigenvalue weighted by Gasteiger charge is 2.14. The Kier molecular flexibility index (Phi) is 4.34. The van der Waals surface area contributed by atoms with Gasteiger partial charge in [0.15, 0.2) is 0 Å². The molecule has 2 N–H and O–H groups in total. The molecule has 2 rings (SSSR count). The van der Waals surface area contributed by atoms with Crippen LogP contribution in [0.15, 0.2) is 18.2 Å². The first-order valence-corrected chi connectivity index (χ1v) is 6.16. The van der Waals surface area contributed by atoms with E-state index in [1.54, 1.807) is 6.07 Å². The number of anilines is 1. The summed E-state index contributed by atoms with van der Waals surface area (Å²) in [4.78, 5) is 6.63. The van der Waals surface area contributed by atoms with Gasteiger partial charge in [-0.1, -0.05) is 6.07 Å². The average Bonchev–Trinajstić information content (AvgIpc) is 2.37. The maximum Gasteiger partial charge on any atom is 0.146 e. The van der Waals surface area contributed by atoms with Crippen LogP contribution in [-0.4, -0.2) is 19.7 Å². The molecule has 0 unspecified atom stereocenters. The van der Waals surface area contributed by atoms with Crippen LogP contribution in [0.25, 0.3) is 0 Å². The lowest BCUT2D eigenvalue weighted by molar-refractivity contribution is 0.141. The van der Waals surface area contributed by atoms with E-state index in [4.69, 9.17) is 5.90 Å². The molecule has 0 bridgehead atoms. The highest BCUT2D eigenvalue weighted by molar-refractivity contribution is 5.49. The molecule has 0 aromatic heterocycles. The van der Waals surface area contributed by atoms with Crippen molar-refractivity contribution in [2.75, 3.05) is 24.6 Å². The highest BCUT2D eigenvalue weighted by atomic mass is 19.1. The molecule has 1 fully saturated rings. The molecule has 0 amide bonds. The summed E-state index contributed by atoms with van der Waals surface area (Å²) in [6.45, 7) is 2.34. The minimum absolute atomic E-state index is 0.138. The summed E-state index contributed by atoms with van der Waals surface area (Å²) in [6.07, 6.45) is 4.21. The van der Waals surface area contributed by atoms with Gasteiger partial charge in [-0.05, 0) is 43.4 Å². The predicted octanol–water partition coefficient (Wildman–Crippen LogP) is 2.25. The number of piperidine rings is 1. The molecule has 0 atom stereocenters. The number of halogens is 1. The second-order valence-electron chi connectivity index (χ2n) is 4.45. The fourth-order valence-electron chi connectivity index (χ4n) is 2.27. The fraction of sp³-hybridized carbons (Fsp3) is 0.538. The van der Waals surface area contributed by atoms with Gasteiger partial charge in [-0.15, -0.1) is 0 Å². The third-order valence-electron chi connectivity index (χ3n) is 3.22. The Balaban J connectivity index is 2.07. The molecule has 1 aromatic rings. The SMILES string of the molecule is NOCCc1ccc(N2CCCCC2)c(F)c1. The maximum absolute atomic E-state index is 13.9. The maximum atomic E-state index is 13.9. The number of nitrogens with two attached hydrogens (primary N) is 1. The van der Waals surface area contributed by atoms with E-state index < -0.39 is 0 Å². The topological polar surface area (TPSA) is 38.5 Å². The Morgan fingerprint density at radius 1 is 1.24 bits per heavy atom. The number of hydrogen-bond acceptors (Lipinski definition) is 3. The van der Waals surface area contributed by atoms with Gasteiger partial charge in [0.1, 0.15) is 5.82 Å². The molecule has 0 saturated carbocycles. The zero-order chi connectivity index (χ0) is 12.1. The first kappa shape index (κ1) is 12.3. The summed E-state index contributed by atoms with van der Waals surface area (Å²) in [7, 11) is 0. The van der Waals surface area contributed by atoms with Crippen LogP contribution < -0.4 is 10.8 Å². The van der Waals surface area contributed by atoms with Gasteiger partial charge in [0.25, 0.3) is 0 Å². The van der Waals surface area contributed by atoms with Gasteiger partial charge in [-0.25, -0.2) is 10.3 Å². The monoisotopic (exact) mass is 238 g/mol. The molecule has 0 radical (unpaired) electrons. The van der Waals surface area contributed by atoms with Crippen molar-refractivity contribution in [1.29, 1.82) is 0 Å². The van der Waals surface area contributed by atoms with E-state index in [1.807, 2.05) is 12.1 Å². The average molecular weight is 238 g/mol. The van der Waals surface area contributed by atoms with Crippen LogP contribution in [0.4, 0.5) is 10.1 Å². The number of benzene rings is 1. The number of hydrogen-bond donors (Lipinski definition) is 1. The van der Waals surface area contributed by atoms with E-state index in [1.165, 1.54) is 6.42 Å². The molecular weight excluding hydrogens is 219 g/mol. The lowest BCUT2D eigenvalue weighted by Crippen LogP contribution is -2.30. The standard InChI is InChI=1S/C13H19FN2O/c14-12-10-11(6-9-17-15)4-5-13(12)16-7-2-1-3-8-16/h4-5,10H,1-3,6-9,15H2. The molecule has 0 aliphatic carbocycles. The first-order chi connectivity index (χ1) is 8.31. The van der Waals surface area contributed by atoms with Crippen LogP contribution in [-0.2, 0) is 11.3 Å². The molecule has 3 nitrogen and oxygen atoms in total. The summed E-state index contributed by atoms with van der Waals surface area (Å²) in [5.74, 6) is 4.82. The molecule has 17 heavy (non-hydrogen) atoms. The van der Waals surface area contributed by atoms with E-state index in [2.05, 4.69) is 9.74 Å². The molecule has 1 heterocycles. The summed E-state index contributed by atoms with van der Waals surface area (Å²) >= 11 is 0. The van der Waals surface area contributed by atoms with E-state index in [0.717, 1.165) is 37.2 Å². The van der Waals surface area contributed by atoms with Gasteiger partial charge >= 0.3 is 0 Å². The Bertz CT molecular complexity index is 364. The molecule has 1 aromatic carbocycles. The Labute approximate surface area is 101 Å². The van der Waals surface area contributed by atoms with Crippen LogP contribution in [0.3, 0.4) is 0 Å². The van der Waals surface area contributed by atoms with Gasteiger partial charge < -0.3 is 9.74 Å². The number of nitrogens with zero attached hydrogens (tertiary/aromatic N) is 1. The van der Waals surface area contributed by atoms with Crippen molar-refractivity contribution >= 4 is 5.69 Å². The zero-order valence-electron chi connectivity index (χ0n) is 9.99. The molecular formula is C13H19FN2O. The largest absolute Gasteiger partial charge is 0.369 e. The normalized spacial score (nSPS) is 16.2. The van der Waals surface area contributed by atoms with Crippen LogP contribution in [0.5, 0.6) is 0 Å². The minimum atomic E-state index is -0.138. The van der Waals surface area contributed by atoms with Crippen molar-refractivity contribution in [2.24, 2.45) is 5.90 Å². The molecule has 4 heteroatoms. The molecule has 94 valence electrons. The zero-order valence-corrected chi connectivity index (χ0v) is 9.99. The summed E-state index contributed by atoms with van der Waals surface area (Å²) in [5, 5.41) is 0. The van der Waals surface area contributed by atoms with E-state index >= 15 is 0 Å². The van der Waals surface area contributed by atoms with Gasteiger partial charge in [0.2, 0.25) is 0 Å². The van der Waals surface area contributed by atoms with E-state index in [9.17, 15) is 4.39 Å².